The number of fused-ring (bicyclic) bond motifs is 8. The number of para-hydroxylation sites is 2. The van der Waals surface area contributed by atoms with E-state index in [0.717, 1.165) is 71.5 Å². The summed E-state index contributed by atoms with van der Waals surface area (Å²) in [5.74, 6) is 1.82. The van der Waals surface area contributed by atoms with Crippen molar-refractivity contribution < 1.29 is 4.42 Å². The third kappa shape index (κ3) is 4.53. The summed E-state index contributed by atoms with van der Waals surface area (Å²) in [6.07, 6.45) is 0. The highest BCUT2D eigenvalue weighted by atomic mass is 16.3. The summed E-state index contributed by atoms with van der Waals surface area (Å²) in [6.45, 7) is 0. The van der Waals surface area contributed by atoms with Crippen molar-refractivity contribution in [3.05, 3.63) is 170 Å². The second-order valence-electron chi connectivity index (χ2n) is 13.3. The Morgan fingerprint density at radius 1 is 0.346 bits per heavy atom. The van der Waals surface area contributed by atoms with Crippen molar-refractivity contribution in [2.24, 2.45) is 0 Å². The minimum atomic E-state index is 0.590. The molecule has 11 aromatic rings. The molecule has 3 heterocycles. The van der Waals surface area contributed by atoms with Gasteiger partial charge >= 0.3 is 0 Å². The zero-order chi connectivity index (χ0) is 34.2. The number of benzene rings is 8. The van der Waals surface area contributed by atoms with E-state index in [2.05, 4.69) is 174 Å². The van der Waals surface area contributed by atoms with Crippen molar-refractivity contribution in [3.8, 4) is 39.9 Å². The Morgan fingerprint density at radius 3 is 1.69 bits per heavy atom. The zero-order valence-corrected chi connectivity index (χ0v) is 27.9. The first-order valence-electron chi connectivity index (χ1n) is 17.4. The third-order valence-corrected chi connectivity index (χ3v) is 10.2. The van der Waals surface area contributed by atoms with Gasteiger partial charge in [-0.2, -0.15) is 0 Å². The number of rotatable bonds is 4. The number of aromatic nitrogens is 4. The van der Waals surface area contributed by atoms with Gasteiger partial charge in [-0.25, -0.2) is 15.0 Å². The molecule has 242 valence electrons. The highest BCUT2D eigenvalue weighted by molar-refractivity contribution is 6.11. The fourth-order valence-corrected chi connectivity index (χ4v) is 7.66. The van der Waals surface area contributed by atoms with E-state index < -0.39 is 0 Å². The lowest BCUT2D eigenvalue weighted by Crippen LogP contribution is -2.00. The van der Waals surface area contributed by atoms with Crippen molar-refractivity contribution in [1.82, 2.24) is 19.5 Å². The molecule has 3 aromatic heterocycles. The van der Waals surface area contributed by atoms with Crippen LogP contribution in [-0.2, 0) is 0 Å². The van der Waals surface area contributed by atoms with Crippen LogP contribution in [0.2, 0.25) is 0 Å². The topological polar surface area (TPSA) is 56.7 Å². The predicted molar refractivity (Wildman–Crippen MR) is 213 cm³/mol. The molecular weight excluding hydrogens is 637 g/mol. The molecule has 0 amide bonds. The maximum absolute atomic E-state index is 6.46. The fourth-order valence-electron chi connectivity index (χ4n) is 7.66. The lowest BCUT2D eigenvalue weighted by atomic mass is 10.0. The van der Waals surface area contributed by atoms with Gasteiger partial charge in [0, 0.05) is 43.9 Å². The molecule has 0 atom stereocenters. The molecule has 0 bridgehead atoms. The van der Waals surface area contributed by atoms with Crippen LogP contribution in [-0.4, -0.2) is 19.5 Å². The average Bonchev–Trinajstić information content (AvgIpc) is 3.74. The molecule has 5 nitrogen and oxygen atoms in total. The summed E-state index contributed by atoms with van der Waals surface area (Å²) in [7, 11) is 0. The molecule has 0 spiro atoms. The Hall–Kier alpha value is -7.11. The van der Waals surface area contributed by atoms with Gasteiger partial charge in [-0.1, -0.05) is 103 Å². The van der Waals surface area contributed by atoms with Crippen LogP contribution in [0.25, 0.3) is 105 Å². The van der Waals surface area contributed by atoms with Crippen molar-refractivity contribution in [2.45, 2.75) is 0 Å². The van der Waals surface area contributed by atoms with Crippen LogP contribution in [0.15, 0.2) is 174 Å². The SMILES string of the molecule is c1ccc(-n2c3ccccc3c3cc(-c4nc(-c5ccc6ccccc6c5)nc(-c5ccc6c(c5)oc5cc7ccccc7cc56)n4)ccc32)cc1. The molecule has 0 saturated carbocycles. The standard InChI is InChI=1S/C47H28N4O/c1-2-14-36(15-3-1)51-41-17-9-8-16-37(41)39-26-34(21-23-42(39)51)46-48-45(33-19-18-29-10-4-5-11-30(29)24-33)49-47(50-46)35-20-22-38-40-25-31-12-6-7-13-32(31)27-44(40)52-43(38)28-35/h1-28H. The van der Waals surface area contributed by atoms with Crippen LogP contribution >= 0.6 is 0 Å². The molecule has 5 heteroatoms. The second-order valence-corrected chi connectivity index (χ2v) is 13.3. The summed E-state index contributed by atoms with van der Waals surface area (Å²) in [6, 6.07) is 59.3. The highest BCUT2D eigenvalue weighted by Gasteiger charge is 2.18. The minimum absolute atomic E-state index is 0.590. The van der Waals surface area contributed by atoms with Crippen molar-refractivity contribution in [3.63, 3.8) is 0 Å². The Kier molecular flexibility index (Phi) is 6.18. The molecule has 11 rings (SSSR count). The maximum atomic E-state index is 6.46. The molecule has 0 saturated heterocycles. The van der Waals surface area contributed by atoms with Gasteiger partial charge in [0.2, 0.25) is 0 Å². The Morgan fingerprint density at radius 2 is 0.904 bits per heavy atom. The smallest absolute Gasteiger partial charge is 0.164 e. The van der Waals surface area contributed by atoms with Crippen molar-refractivity contribution in [1.29, 1.82) is 0 Å². The average molecular weight is 665 g/mol. The molecule has 0 N–H and O–H groups in total. The van der Waals surface area contributed by atoms with Gasteiger partial charge in [0.05, 0.1) is 11.0 Å². The lowest BCUT2D eigenvalue weighted by Gasteiger charge is -2.10. The van der Waals surface area contributed by atoms with Gasteiger partial charge in [-0.15, -0.1) is 0 Å². The molecule has 0 aliphatic carbocycles. The van der Waals surface area contributed by atoms with Crippen LogP contribution < -0.4 is 0 Å². The van der Waals surface area contributed by atoms with Crippen LogP contribution in [0.4, 0.5) is 0 Å². The summed E-state index contributed by atoms with van der Waals surface area (Å²) < 4.78 is 8.77. The summed E-state index contributed by atoms with van der Waals surface area (Å²) in [4.78, 5) is 15.4. The number of furan rings is 1. The van der Waals surface area contributed by atoms with E-state index in [1.807, 2.05) is 0 Å². The monoisotopic (exact) mass is 664 g/mol. The van der Waals surface area contributed by atoms with Crippen LogP contribution in [0.5, 0.6) is 0 Å². The second kappa shape index (κ2) is 11.2. The molecule has 0 radical (unpaired) electrons. The van der Waals surface area contributed by atoms with Crippen LogP contribution in [0.3, 0.4) is 0 Å². The first-order chi connectivity index (χ1) is 25.7. The van der Waals surface area contributed by atoms with Gasteiger partial charge < -0.3 is 8.98 Å². The van der Waals surface area contributed by atoms with Gasteiger partial charge in [0.1, 0.15) is 11.2 Å². The molecule has 52 heavy (non-hydrogen) atoms. The van der Waals surface area contributed by atoms with E-state index in [4.69, 9.17) is 19.4 Å². The van der Waals surface area contributed by atoms with Gasteiger partial charge in [0.15, 0.2) is 17.5 Å². The van der Waals surface area contributed by atoms with E-state index in [1.54, 1.807) is 0 Å². The molecule has 0 fully saturated rings. The summed E-state index contributed by atoms with van der Waals surface area (Å²) in [5, 5.41) is 9.12. The predicted octanol–water partition coefficient (Wildman–Crippen LogP) is 12.2. The summed E-state index contributed by atoms with van der Waals surface area (Å²) in [5.41, 5.74) is 7.78. The number of hydrogen-bond acceptors (Lipinski definition) is 4. The van der Waals surface area contributed by atoms with Crippen LogP contribution in [0.1, 0.15) is 0 Å². The van der Waals surface area contributed by atoms with E-state index in [1.165, 1.54) is 16.2 Å². The molecule has 0 unspecified atom stereocenters. The Labute approximate surface area is 298 Å². The molecule has 0 aliphatic heterocycles. The van der Waals surface area contributed by atoms with Crippen molar-refractivity contribution >= 4 is 65.3 Å². The van der Waals surface area contributed by atoms with E-state index in [9.17, 15) is 0 Å². The van der Waals surface area contributed by atoms with Gasteiger partial charge in [-0.3, -0.25) is 0 Å². The quantitative estimate of drug-likeness (QED) is 0.188. The number of nitrogens with zero attached hydrogens (tertiary/aromatic N) is 4. The first kappa shape index (κ1) is 28.7. The number of hydrogen-bond donors (Lipinski definition) is 0. The normalized spacial score (nSPS) is 11.8. The highest BCUT2D eigenvalue weighted by Crippen LogP contribution is 2.37. The van der Waals surface area contributed by atoms with Crippen LogP contribution in [0, 0.1) is 0 Å². The minimum Gasteiger partial charge on any atom is -0.456 e. The molecule has 0 aliphatic rings. The van der Waals surface area contributed by atoms with E-state index in [0.29, 0.717) is 17.5 Å². The summed E-state index contributed by atoms with van der Waals surface area (Å²) >= 11 is 0. The zero-order valence-electron chi connectivity index (χ0n) is 27.9. The van der Waals surface area contributed by atoms with Gasteiger partial charge in [0.25, 0.3) is 0 Å². The Bertz CT molecular complexity index is 3190. The fraction of sp³-hybridized carbons (Fsp3) is 0. The maximum Gasteiger partial charge on any atom is 0.164 e. The van der Waals surface area contributed by atoms with Gasteiger partial charge in [-0.05, 0) is 88.3 Å². The third-order valence-electron chi connectivity index (χ3n) is 10.2. The van der Waals surface area contributed by atoms with E-state index in [-0.39, 0.29) is 0 Å². The Balaban J connectivity index is 1.12. The molecule has 8 aromatic carbocycles. The van der Waals surface area contributed by atoms with Crippen molar-refractivity contribution in [2.75, 3.05) is 0 Å². The first-order valence-corrected chi connectivity index (χ1v) is 17.4. The van der Waals surface area contributed by atoms with E-state index >= 15 is 0 Å². The lowest BCUT2D eigenvalue weighted by molar-refractivity contribution is 0.669. The molecular formula is C47H28N4O. The largest absolute Gasteiger partial charge is 0.456 e.